The standard InChI is InChI=1S/C20H21NO5/c1-21(2)10-15-14-9-8-13(11-4-6-12(22)7-5-11)17(23)16(14)19(25)20(26-3)18(15)24/h4-8,22,24-25H,9-10H2,1-3H3. The molecule has 1 aliphatic rings. The van der Waals surface area contributed by atoms with E-state index in [0.29, 0.717) is 35.2 Å². The van der Waals surface area contributed by atoms with Gasteiger partial charge in [0.2, 0.25) is 5.75 Å². The maximum absolute atomic E-state index is 13.1. The van der Waals surface area contributed by atoms with Gasteiger partial charge in [0.25, 0.3) is 0 Å². The maximum atomic E-state index is 13.1. The number of benzene rings is 2. The van der Waals surface area contributed by atoms with Gasteiger partial charge in [-0.3, -0.25) is 4.79 Å². The Morgan fingerprint density at radius 2 is 1.73 bits per heavy atom. The van der Waals surface area contributed by atoms with E-state index in [-0.39, 0.29) is 34.3 Å². The Labute approximate surface area is 151 Å². The number of carbonyl (C=O) groups excluding carboxylic acids is 1. The molecule has 0 amide bonds. The number of hydrogen-bond donors (Lipinski definition) is 3. The number of aromatic hydroxyl groups is 3. The van der Waals surface area contributed by atoms with Gasteiger partial charge in [-0.1, -0.05) is 18.2 Å². The van der Waals surface area contributed by atoms with E-state index < -0.39 is 0 Å². The van der Waals surface area contributed by atoms with Crippen molar-refractivity contribution in [2.45, 2.75) is 13.0 Å². The van der Waals surface area contributed by atoms with Crippen molar-refractivity contribution in [2.75, 3.05) is 21.2 Å². The molecule has 6 nitrogen and oxygen atoms in total. The van der Waals surface area contributed by atoms with Gasteiger partial charge in [0.1, 0.15) is 5.75 Å². The molecular formula is C20H21NO5. The molecule has 1 aliphatic carbocycles. The van der Waals surface area contributed by atoms with Crippen LogP contribution < -0.4 is 4.74 Å². The minimum atomic E-state index is -0.350. The molecule has 2 aromatic carbocycles. The average molecular weight is 355 g/mol. The lowest BCUT2D eigenvalue weighted by Gasteiger charge is -2.24. The highest BCUT2D eigenvalue weighted by atomic mass is 16.5. The number of hydrogen-bond acceptors (Lipinski definition) is 6. The molecule has 136 valence electrons. The van der Waals surface area contributed by atoms with Gasteiger partial charge in [-0.05, 0) is 43.8 Å². The van der Waals surface area contributed by atoms with Crippen molar-refractivity contribution in [3.63, 3.8) is 0 Å². The second-order valence-electron chi connectivity index (χ2n) is 6.50. The topological polar surface area (TPSA) is 90.2 Å². The first-order chi connectivity index (χ1) is 12.3. The number of fused-ring (bicyclic) bond motifs is 1. The Morgan fingerprint density at radius 3 is 2.31 bits per heavy atom. The van der Waals surface area contributed by atoms with Crippen LogP contribution in [-0.2, 0) is 13.0 Å². The van der Waals surface area contributed by atoms with Gasteiger partial charge < -0.3 is 25.0 Å². The summed E-state index contributed by atoms with van der Waals surface area (Å²) < 4.78 is 5.15. The average Bonchev–Trinajstić information content (AvgIpc) is 2.59. The highest BCUT2D eigenvalue weighted by Crippen LogP contribution is 2.47. The van der Waals surface area contributed by atoms with Gasteiger partial charge in [0.05, 0.1) is 12.7 Å². The van der Waals surface area contributed by atoms with Crippen LogP contribution in [0.4, 0.5) is 0 Å². The van der Waals surface area contributed by atoms with Crippen molar-refractivity contribution < 1.29 is 24.9 Å². The lowest BCUT2D eigenvalue weighted by molar-refractivity contribution is 0.105. The third-order valence-corrected chi connectivity index (χ3v) is 4.46. The first-order valence-corrected chi connectivity index (χ1v) is 8.17. The number of Topliss-reactive ketones (excluding diaryl/α,β-unsaturated/α-hetero) is 1. The fourth-order valence-electron chi connectivity index (χ4n) is 3.27. The molecule has 0 radical (unpaired) electrons. The number of phenolic OH excluding ortho intramolecular Hbond substituents is 3. The molecule has 26 heavy (non-hydrogen) atoms. The van der Waals surface area contributed by atoms with Crippen molar-refractivity contribution in [2.24, 2.45) is 0 Å². The highest BCUT2D eigenvalue weighted by molar-refractivity contribution is 6.31. The molecule has 0 bridgehead atoms. The van der Waals surface area contributed by atoms with E-state index >= 15 is 0 Å². The van der Waals surface area contributed by atoms with E-state index in [1.54, 1.807) is 18.2 Å². The van der Waals surface area contributed by atoms with Crippen LogP contribution >= 0.6 is 0 Å². The van der Waals surface area contributed by atoms with E-state index in [2.05, 4.69) is 0 Å². The first-order valence-electron chi connectivity index (χ1n) is 8.17. The van der Waals surface area contributed by atoms with Crippen molar-refractivity contribution in [1.82, 2.24) is 4.90 Å². The molecule has 0 aromatic heterocycles. The Bertz CT molecular complexity index is 898. The molecule has 3 N–H and O–H groups in total. The Morgan fingerprint density at radius 1 is 1.08 bits per heavy atom. The molecule has 2 aromatic rings. The monoisotopic (exact) mass is 355 g/mol. The zero-order chi connectivity index (χ0) is 19.0. The molecule has 0 fully saturated rings. The van der Waals surface area contributed by atoms with E-state index in [4.69, 9.17) is 4.74 Å². The van der Waals surface area contributed by atoms with Gasteiger partial charge in [0, 0.05) is 17.7 Å². The summed E-state index contributed by atoms with van der Waals surface area (Å²) in [5.74, 6) is -0.821. The summed E-state index contributed by atoms with van der Waals surface area (Å²) in [5.41, 5.74) is 2.41. The second kappa shape index (κ2) is 6.72. The normalized spacial score (nSPS) is 13.5. The molecule has 6 heteroatoms. The lowest BCUT2D eigenvalue weighted by atomic mass is 9.83. The predicted molar refractivity (Wildman–Crippen MR) is 97.8 cm³/mol. The van der Waals surface area contributed by atoms with Crippen LogP contribution in [0.1, 0.15) is 27.0 Å². The fraction of sp³-hybridized carbons (Fsp3) is 0.250. The third-order valence-electron chi connectivity index (χ3n) is 4.46. The van der Waals surface area contributed by atoms with Gasteiger partial charge in [-0.2, -0.15) is 0 Å². The summed E-state index contributed by atoms with van der Waals surface area (Å²) in [5, 5.41) is 30.5. The summed E-state index contributed by atoms with van der Waals surface area (Å²) in [6.07, 6.45) is 2.17. The third kappa shape index (κ3) is 2.88. The Hall–Kier alpha value is -2.99. The first kappa shape index (κ1) is 17.8. The lowest BCUT2D eigenvalue weighted by Crippen LogP contribution is -2.18. The van der Waals surface area contributed by atoms with Crippen LogP contribution in [-0.4, -0.2) is 47.2 Å². The van der Waals surface area contributed by atoms with Crippen LogP contribution in [0.2, 0.25) is 0 Å². The smallest absolute Gasteiger partial charge is 0.203 e. The maximum Gasteiger partial charge on any atom is 0.203 e. The number of methoxy groups -OCH3 is 1. The van der Waals surface area contributed by atoms with Crippen molar-refractivity contribution in [3.8, 4) is 23.0 Å². The minimum absolute atomic E-state index is 0.0964. The summed E-state index contributed by atoms with van der Waals surface area (Å²) in [4.78, 5) is 15.0. The molecular weight excluding hydrogens is 334 g/mol. The Kier molecular flexibility index (Phi) is 4.61. The van der Waals surface area contributed by atoms with Gasteiger partial charge in [0.15, 0.2) is 17.3 Å². The number of ether oxygens (including phenoxy) is 1. The summed E-state index contributed by atoms with van der Waals surface area (Å²) in [6.45, 7) is 0.403. The van der Waals surface area contributed by atoms with Crippen LogP contribution in [0, 0.1) is 0 Å². The molecule has 0 unspecified atom stereocenters. The van der Waals surface area contributed by atoms with Gasteiger partial charge in [-0.25, -0.2) is 0 Å². The van der Waals surface area contributed by atoms with E-state index in [0.717, 1.165) is 0 Å². The highest BCUT2D eigenvalue weighted by Gasteiger charge is 2.32. The predicted octanol–water partition coefficient (Wildman–Crippen LogP) is 2.70. The van der Waals surface area contributed by atoms with Crippen LogP contribution in [0.25, 0.3) is 5.57 Å². The molecule has 0 saturated carbocycles. The summed E-state index contributed by atoms with van der Waals surface area (Å²) in [6, 6.07) is 6.32. The quantitative estimate of drug-likeness (QED) is 0.781. The molecule has 0 saturated heterocycles. The molecule has 0 aliphatic heterocycles. The number of allylic oxidation sites excluding steroid dienone is 2. The van der Waals surface area contributed by atoms with E-state index in [1.807, 2.05) is 19.0 Å². The fourth-order valence-corrected chi connectivity index (χ4v) is 3.27. The number of rotatable bonds is 4. The number of carbonyl (C=O) groups is 1. The van der Waals surface area contributed by atoms with Crippen molar-refractivity contribution in [3.05, 3.63) is 52.6 Å². The van der Waals surface area contributed by atoms with Crippen molar-refractivity contribution in [1.29, 1.82) is 0 Å². The molecule has 0 heterocycles. The summed E-state index contributed by atoms with van der Waals surface area (Å²) >= 11 is 0. The van der Waals surface area contributed by atoms with Crippen LogP contribution in [0.15, 0.2) is 30.3 Å². The second-order valence-corrected chi connectivity index (χ2v) is 6.50. The number of ketones is 1. The van der Waals surface area contributed by atoms with E-state index in [1.165, 1.54) is 19.2 Å². The molecule has 0 atom stereocenters. The van der Waals surface area contributed by atoms with Gasteiger partial charge in [-0.15, -0.1) is 0 Å². The molecule has 0 spiro atoms. The Balaban J connectivity index is 2.18. The zero-order valence-electron chi connectivity index (χ0n) is 14.9. The largest absolute Gasteiger partial charge is 0.508 e. The zero-order valence-corrected chi connectivity index (χ0v) is 14.9. The SMILES string of the molecule is COc1c(O)c(CN(C)C)c2c(c1O)C(=O)C(c1ccc(O)cc1)=CC2. The molecule has 3 rings (SSSR count). The summed E-state index contributed by atoms with van der Waals surface area (Å²) in [7, 11) is 5.05. The van der Waals surface area contributed by atoms with E-state index in [9.17, 15) is 20.1 Å². The number of nitrogens with zero attached hydrogens (tertiary/aromatic N) is 1. The van der Waals surface area contributed by atoms with Crippen molar-refractivity contribution >= 4 is 11.4 Å². The number of phenols is 3. The minimum Gasteiger partial charge on any atom is -0.508 e. The van der Waals surface area contributed by atoms with Crippen LogP contribution in [0.5, 0.6) is 23.0 Å². The van der Waals surface area contributed by atoms with Gasteiger partial charge >= 0.3 is 0 Å². The van der Waals surface area contributed by atoms with Crippen LogP contribution in [0.3, 0.4) is 0 Å².